The van der Waals surface area contributed by atoms with Gasteiger partial charge in [-0.1, -0.05) is 39.5 Å². The first-order valence-electron chi connectivity index (χ1n) is 8.11. The minimum Gasteiger partial charge on any atom is -0.497 e. The van der Waals surface area contributed by atoms with Gasteiger partial charge >= 0.3 is 5.97 Å². The molecule has 0 aliphatic rings. The van der Waals surface area contributed by atoms with Gasteiger partial charge in [-0.3, -0.25) is 0 Å². The summed E-state index contributed by atoms with van der Waals surface area (Å²) in [5, 5.41) is 12.3. The normalized spacial score (nSPS) is 10.1. The molecule has 0 saturated carbocycles. The molecule has 28 heavy (non-hydrogen) atoms. The second kappa shape index (κ2) is 9.92. The minimum atomic E-state index is -0.427. The predicted octanol–water partition coefficient (Wildman–Crippen LogP) is 3.39. The number of benzene rings is 2. The van der Waals surface area contributed by atoms with Crippen molar-refractivity contribution in [2.75, 3.05) is 19.5 Å². The smallest absolute Gasteiger partial charge is 0.339 e. The lowest BCUT2D eigenvalue weighted by Crippen LogP contribution is -2.05. The van der Waals surface area contributed by atoms with E-state index in [9.17, 15) is 4.79 Å². The second-order valence-corrected chi connectivity index (χ2v) is 7.15. The number of rotatable bonds is 6. The van der Waals surface area contributed by atoms with E-state index in [2.05, 4.69) is 43.3 Å². The molecule has 0 saturated heterocycles. The Morgan fingerprint density at radius 1 is 1.14 bits per heavy atom. The summed E-state index contributed by atoms with van der Waals surface area (Å²) in [4.78, 5) is 11.9. The number of thioether (sulfide) groups is 1. The Morgan fingerprint density at radius 2 is 1.89 bits per heavy atom. The number of methoxy groups -OCH3 is 1. The topological polar surface area (TPSA) is 79.1 Å². The van der Waals surface area contributed by atoms with Gasteiger partial charge in [0.2, 0.25) is 5.16 Å². The lowest BCUT2D eigenvalue weighted by atomic mass is 10.2. The Morgan fingerprint density at radius 3 is 2.61 bits per heavy atom. The molecule has 0 fully saturated rings. The third-order valence-electron chi connectivity index (χ3n) is 3.51. The highest BCUT2D eigenvalue weighted by Gasteiger charge is 2.08. The number of carbonyl (C=O) groups is 1. The average Bonchev–Trinajstić information content (AvgIpc) is 3.19. The van der Waals surface area contributed by atoms with Crippen LogP contribution in [0, 0.1) is 11.8 Å². The Kier molecular flexibility index (Phi) is 7.06. The zero-order valence-electron chi connectivity index (χ0n) is 14.8. The standard InChI is InChI=1S/C19H15BrN4O3S/c1-26-17-10-4-14(5-11-17)18(25)27-12-2-3-13-28-19-21-22-23-24(19)16-8-6-15(20)7-9-16/h4-11H,12-13H2,1H3. The molecule has 142 valence electrons. The number of aromatic nitrogens is 4. The number of esters is 1. The fraction of sp³-hybridized carbons (Fsp3) is 0.158. The third-order valence-corrected chi connectivity index (χ3v) is 4.84. The number of tetrazole rings is 1. The molecule has 0 bridgehead atoms. The lowest BCUT2D eigenvalue weighted by molar-refractivity contribution is 0.0556. The van der Waals surface area contributed by atoms with Gasteiger partial charge in [0.25, 0.3) is 0 Å². The minimum absolute atomic E-state index is 0.0169. The van der Waals surface area contributed by atoms with Crippen LogP contribution in [0.1, 0.15) is 10.4 Å². The maximum absolute atomic E-state index is 11.9. The van der Waals surface area contributed by atoms with Crippen molar-refractivity contribution in [3.8, 4) is 23.3 Å². The fourth-order valence-electron chi connectivity index (χ4n) is 2.13. The van der Waals surface area contributed by atoms with Gasteiger partial charge in [0, 0.05) is 4.47 Å². The van der Waals surface area contributed by atoms with E-state index >= 15 is 0 Å². The average molecular weight is 459 g/mol. The number of halogens is 1. The van der Waals surface area contributed by atoms with Crippen molar-refractivity contribution in [3.63, 3.8) is 0 Å². The van der Waals surface area contributed by atoms with Crippen molar-refractivity contribution in [2.45, 2.75) is 5.16 Å². The van der Waals surface area contributed by atoms with Gasteiger partial charge in [-0.2, -0.15) is 4.68 Å². The third kappa shape index (κ3) is 5.34. The summed E-state index contributed by atoms with van der Waals surface area (Å²) >= 11 is 4.80. The van der Waals surface area contributed by atoms with Gasteiger partial charge in [0.15, 0.2) is 6.61 Å². The van der Waals surface area contributed by atoms with Crippen LogP contribution in [0.15, 0.2) is 58.2 Å². The van der Waals surface area contributed by atoms with Gasteiger partial charge in [-0.25, -0.2) is 4.79 Å². The van der Waals surface area contributed by atoms with E-state index in [4.69, 9.17) is 9.47 Å². The summed E-state index contributed by atoms with van der Waals surface area (Å²) < 4.78 is 12.8. The SMILES string of the molecule is COc1ccc(C(=O)OCC#CCSc2nnnn2-c2ccc(Br)cc2)cc1. The van der Waals surface area contributed by atoms with Crippen molar-refractivity contribution in [2.24, 2.45) is 0 Å². The molecule has 0 atom stereocenters. The van der Waals surface area contributed by atoms with Crippen molar-refractivity contribution in [3.05, 3.63) is 58.6 Å². The molecular weight excluding hydrogens is 444 g/mol. The van der Waals surface area contributed by atoms with E-state index in [-0.39, 0.29) is 6.61 Å². The molecule has 0 amide bonds. The second-order valence-electron chi connectivity index (χ2n) is 5.30. The Balaban J connectivity index is 1.47. The number of hydrogen-bond acceptors (Lipinski definition) is 7. The molecule has 3 aromatic rings. The first-order valence-corrected chi connectivity index (χ1v) is 9.89. The molecule has 0 N–H and O–H groups in total. The van der Waals surface area contributed by atoms with E-state index in [1.54, 1.807) is 36.1 Å². The molecule has 0 aliphatic heterocycles. The summed E-state index contributed by atoms with van der Waals surface area (Å²) in [5.74, 6) is 6.47. The zero-order valence-corrected chi connectivity index (χ0v) is 17.2. The van der Waals surface area contributed by atoms with E-state index in [0.29, 0.717) is 22.2 Å². The number of nitrogens with zero attached hydrogens (tertiary/aromatic N) is 4. The largest absolute Gasteiger partial charge is 0.497 e. The van der Waals surface area contributed by atoms with Crippen molar-refractivity contribution >= 4 is 33.7 Å². The monoisotopic (exact) mass is 458 g/mol. The molecular formula is C19H15BrN4O3S. The molecule has 1 aromatic heterocycles. The Labute approximate surface area is 174 Å². The van der Waals surface area contributed by atoms with Crippen molar-refractivity contribution in [1.29, 1.82) is 0 Å². The quantitative estimate of drug-likeness (QED) is 0.318. The Hall–Kier alpha value is -2.83. The van der Waals surface area contributed by atoms with Gasteiger partial charge in [-0.05, 0) is 59.0 Å². The van der Waals surface area contributed by atoms with Crippen molar-refractivity contribution < 1.29 is 14.3 Å². The fourth-order valence-corrected chi connectivity index (χ4v) is 3.05. The first kappa shape index (κ1) is 19.9. The van der Waals surface area contributed by atoms with Gasteiger partial charge in [0.05, 0.1) is 24.1 Å². The molecule has 7 nitrogen and oxygen atoms in total. The summed E-state index contributed by atoms with van der Waals surface area (Å²) in [6.07, 6.45) is 0. The van der Waals surface area contributed by atoms with Crippen LogP contribution in [-0.4, -0.2) is 45.6 Å². The van der Waals surface area contributed by atoms with Crippen LogP contribution in [0.2, 0.25) is 0 Å². The molecule has 0 aliphatic carbocycles. The van der Waals surface area contributed by atoms with Crippen LogP contribution in [-0.2, 0) is 4.74 Å². The maximum Gasteiger partial charge on any atom is 0.339 e. The van der Waals surface area contributed by atoms with E-state index in [1.807, 2.05) is 24.3 Å². The highest BCUT2D eigenvalue weighted by molar-refractivity contribution is 9.10. The zero-order chi connectivity index (χ0) is 19.8. The highest BCUT2D eigenvalue weighted by atomic mass is 79.9. The predicted molar refractivity (Wildman–Crippen MR) is 109 cm³/mol. The van der Waals surface area contributed by atoms with Crippen LogP contribution in [0.3, 0.4) is 0 Å². The summed E-state index contributed by atoms with van der Waals surface area (Å²) in [6, 6.07) is 14.4. The molecule has 9 heteroatoms. The van der Waals surface area contributed by atoms with Crippen LogP contribution < -0.4 is 4.74 Å². The molecule has 0 spiro atoms. The van der Waals surface area contributed by atoms with Crippen LogP contribution >= 0.6 is 27.7 Å². The lowest BCUT2D eigenvalue weighted by Gasteiger charge is -2.03. The maximum atomic E-state index is 11.9. The van der Waals surface area contributed by atoms with E-state index < -0.39 is 5.97 Å². The van der Waals surface area contributed by atoms with Crippen molar-refractivity contribution in [1.82, 2.24) is 20.2 Å². The summed E-state index contributed by atoms with van der Waals surface area (Å²) in [6.45, 7) is 0.0169. The van der Waals surface area contributed by atoms with Gasteiger partial charge < -0.3 is 9.47 Å². The number of carbonyl (C=O) groups excluding carboxylic acids is 1. The summed E-state index contributed by atoms with van der Waals surface area (Å²) in [5.41, 5.74) is 1.31. The van der Waals surface area contributed by atoms with Crippen LogP contribution in [0.25, 0.3) is 5.69 Å². The molecule has 0 unspecified atom stereocenters. The molecule has 1 heterocycles. The summed E-state index contributed by atoms with van der Waals surface area (Å²) in [7, 11) is 1.57. The number of ether oxygens (including phenoxy) is 2. The Bertz CT molecular complexity index is 995. The molecule has 0 radical (unpaired) electrons. The molecule has 3 rings (SSSR count). The number of hydrogen-bond donors (Lipinski definition) is 0. The first-order chi connectivity index (χ1) is 13.7. The van der Waals surface area contributed by atoms with Gasteiger partial charge in [-0.15, -0.1) is 5.10 Å². The van der Waals surface area contributed by atoms with E-state index in [0.717, 1.165) is 10.2 Å². The van der Waals surface area contributed by atoms with E-state index in [1.165, 1.54) is 11.8 Å². The van der Waals surface area contributed by atoms with Crippen LogP contribution in [0.4, 0.5) is 0 Å². The van der Waals surface area contributed by atoms with Gasteiger partial charge in [0.1, 0.15) is 5.75 Å². The molecule has 2 aromatic carbocycles. The van der Waals surface area contributed by atoms with Crippen LogP contribution in [0.5, 0.6) is 5.75 Å². The highest BCUT2D eigenvalue weighted by Crippen LogP contribution is 2.19.